The molecule has 84 heavy (non-hydrogen) atoms. The molecule has 6 saturated heterocycles. The van der Waals surface area contributed by atoms with Gasteiger partial charge in [-0.1, -0.05) is 111 Å². The summed E-state index contributed by atoms with van der Waals surface area (Å²) in [5, 5.41) is 102. The minimum atomic E-state index is -2.01. The van der Waals surface area contributed by atoms with Crippen LogP contribution in [0.5, 0.6) is 0 Å². The number of fused-ring (bicyclic) bond motifs is 2. The van der Waals surface area contributed by atoms with Gasteiger partial charge in [-0.3, -0.25) is 14.4 Å². The molecular weight excluding hydrogens is 1110 g/mol. The topological polar surface area (TPSA) is 353 Å². The first-order valence-electron chi connectivity index (χ1n) is 31.3. The number of esters is 3. The van der Waals surface area contributed by atoms with Gasteiger partial charge in [-0.2, -0.15) is 0 Å². The molecule has 6 aliphatic heterocycles. The van der Waals surface area contributed by atoms with Crippen LogP contribution in [0.25, 0.3) is 0 Å². The van der Waals surface area contributed by atoms with Crippen molar-refractivity contribution in [3.63, 3.8) is 0 Å². The molecule has 6 rings (SSSR count). The van der Waals surface area contributed by atoms with Gasteiger partial charge in [0.15, 0.2) is 49.8 Å². The fourth-order valence-corrected chi connectivity index (χ4v) is 11.7. The normalized spacial score (nSPS) is 42.7. The lowest BCUT2D eigenvalue weighted by atomic mass is 9.95. The average molecular weight is 1210 g/mol. The minimum absolute atomic E-state index is 0.0374. The van der Waals surface area contributed by atoms with Crippen LogP contribution < -0.4 is 0 Å². The predicted octanol–water partition coefficient (Wildman–Crippen LogP) is 2.74. The van der Waals surface area contributed by atoms with Gasteiger partial charge in [0.2, 0.25) is 0 Å². The molecule has 0 amide bonds. The summed E-state index contributed by atoms with van der Waals surface area (Å²) < 4.78 is 81.6. The van der Waals surface area contributed by atoms with Gasteiger partial charge in [-0.25, -0.2) is 0 Å². The summed E-state index contributed by atoms with van der Waals surface area (Å²) in [6, 6.07) is 0. The summed E-state index contributed by atoms with van der Waals surface area (Å²) >= 11 is 0. The highest BCUT2D eigenvalue weighted by molar-refractivity contribution is 5.72. The molecule has 6 aliphatic rings. The Bertz CT molecular complexity index is 1940. The summed E-state index contributed by atoms with van der Waals surface area (Å²) in [7, 11) is 0. The molecule has 0 bridgehead atoms. The molecular formula is C59H102O25. The standard InChI is InChI=1S/C59H102O25/c1-9-12-13-14-16-20-24-28-38(62)79-53-52(84-56-44(68)41(65)40(64)36(29-60)77-56)49(82-55-45(69)43(67)47(32(6)73-55)80-54(71)30(4)11-3)34(8)75-59(53)81-48-33(7)74-58-51(46(48)70)78-37(61)27-23-21-18-15-17-19-22-26-35(25-10-2)76-57-50(83-58)42(66)39(63)31(5)72-57/h30-36,39-53,55-60,63-70H,9-29H2,1-8H3/t30-,31+,32-,33-,34-,35?,36+,39-,40+,41-,42-,43-,44+,45+,46+,47-,48-,49-,50+,51+,52+,53+,55-,56-,57-,58-,59-/m0/s1. The van der Waals surface area contributed by atoms with Crippen molar-refractivity contribution in [3.8, 4) is 0 Å². The van der Waals surface area contributed by atoms with Gasteiger partial charge in [-0.05, 0) is 59.8 Å². The second-order valence-electron chi connectivity index (χ2n) is 23.9. The van der Waals surface area contributed by atoms with E-state index < -0.39 is 184 Å². The fourth-order valence-electron chi connectivity index (χ4n) is 11.7. The molecule has 9 N–H and O–H groups in total. The number of aliphatic hydroxyl groups excluding tert-OH is 9. The molecule has 0 radical (unpaired) electrons. The van der Waals surface area contributed by atoms with Gasteiger partial charge in [0.25, 0.3) is 0 Å². The second kappa shape index (κ2) is 34.6. The Balaban J connectivity index is 1.36. The summed E-state index contributed by atoms with van der Waals surface area (Å²) in [5.41, 5.74) is 0. The van der Waals surface area contributed by atoms with Crippen molar-refractivity contribution >= 4 is 17.9 Å². The zero-order chi connectivity index (χ0) is 61.4. The van der Waals surface area contributed by atoms with Crippen LogP contribution in [-0.4, -0.2) is 230 Å². The third kappa shape index (κ3) is 18.9. The van der Waals surface area contributed by atoms with Gasteiger partial charge < -0.3 is 108 Å². The Kier molecular flexibility index (Phi) is 29.1. The number of hydrogen-bond acceptors (Lipinski definition) is 25. The van der Waals surface area contributed by atoms with E-state index in [1.165, 1.54) is 20.8 Å². The number of ether oxygens (including phenoxy) is 13. The van der Waals surface area contributed by atoms with E-state index in [1.54, 1.807) is 20.8 Å². The highest BCUT2D eigenvalue weighted by Gasteiger charge is 2.59. The smallest absolute Gasteiger partial charge is 0.309 e. The average Bonchev–Trinajstić information content (AvgIpc) is 1.54. The monoisotopic (exact) mass is 1210 g/mol. The van der Waals surface area contributed by atoms with E-state index in [2.05, 4.69) is 6.92 Å². The van der Waals surface area contributed by atoms with Crippen molar-refractivity contribution in [3.05, 3.63) is 0 Å². The number of rotatable bonds is 21. The maximum absolute atomic E-state index is 14.2. The van der Waals surface area contributed by atoms with E-state index in [1.807, 2.05) is 6.92 Å². The number of aliphatic hydroxyl groups is 9. The van der Waals surface area contributed by atoms with E-state index in [0.717, 1.165) is 77.0 Å². The van der Waals surface area contributed by atoms with Crippen LogP contribution >= 0.6 is 0 Å². The van der Waals surface area contributed by atoms with Crippen molar-refractivity contribution in [1.82, 2.24) is 0 Å². The number of carbonyl (C=O) groups excluding carboxylic acids is 3. The Morgan fingerprint density at radius 2 is 1.08 bits per heavy atom. The molecule has 6 fully saturated rings. The largest absolute Gasteiger partial charge is 0.457 e. The van der Waals surface area contributed by atoms with Crippen molar-refractivity contribution in [1.29, 1.82) is 0 Å². The quantitative estimate of drug-likeness (QED) is 0.0453. The van der Waals surface area contributed by atoms with Crippen molar-refractivity contribution in [2.24, 2.45) is 5.92 Å². The molecule has 1 unspecified atom stereocenters. The zero-order valence-electron chi connectivity index (χ0n) is 50.5. The molecule has 0 aliphatic carbocycles. The zero-order valence-corrected chi connectivity index (χ0v) is 50.5. The van der Waals surface area contributed by atoms with Gasteiger partial charge >= 0.3 is 17.9 Å². The van der Waals surface area contributed by atoms with Crippen LogP contribution in [0.4, 0.5) is 0 Å². The van der Waals surface area contributed by atoms with Gasteiger partial charge in [-0.15, -0.1) is 0 Å². The Labute approximate surface area is 494 Å². The predicted molar refractivity (Wildman–Crippen MR) is 294 cm³/mol. The third-order valence-electron chi connectivity index (χ3n) is 17.2. The van der Waals surface area contributed by atoms with Crippen molar-refractivity contribution < 1.29 is 122 Å². The van der Waals surface area contributed by atoms with Crippen LogP contribution in [0, 0.1) is 5.92 Å². The maximum Gasteiger partial charge on any atom is 0.309 e. The molecule has 0 aromatic carbocycles. The Morgan fingerprint density at radius 1 is 0.512 bits per heavy atom. The summed E-state index contributed by atoms with van der Waals surface area (Å²) in [6.07, 6.45) is -25.5. The molecule has 25 nitrogen and oxygen atoms in total. The molecule has 27 atom stereocenters. The van der Waals surface area contributed by atoms with E-state index in [9.17, 15) is 60.3 Å². The van der Waals surface area contributed by atoms with E-state index in [4.69, 9.17) is 61.6 Å². The van der Waals surface area contributed by atoms with Crippen LogP contribution in [-0.2, 0) is 76.0 Å². The SMILES string of the molecule is CCCCCCCCCC(=O)O[C@H]1[C@H](O[C@@H]2[C@@H](O)[C@H]3OC(=O)CCCCCCCCCC(CCC)O[C@@H]4O[C@H](C)[C@H](O)[C@H](O)[C@H]4O[C@@H]3O[C@H]2C)O[C@@H](C)[C@H](O[C@@H]2O[C@@H](C)[C@H](OC(=O)[C@@H](C)CC)[C@@H](O)[C@H]2O)[C@H]1O[C@@H]1O[C@H](CO)[C@@H](O)[C@H](O)[C@H]1O. The highest BCUT2D eigenvalue weighted by Crippen LogP contribution is 2.39. The molecule has 0 aromatic rings. The summed E-state index contributed by atoms with van der Waals surface area (Å²) in [6.45, 7) is 12.8. The summed E-state index contributed by atoms with van der Waals surface area (Å²) in [4.78, 5) is 41.0. The minimum Gasteiger partial charge on any atom is -0.457 e. The molecule has 6 heterocycles. The molecule has 0 saturated carbocycles. The van der Waals surface area contributed by atoms with Crippen LogP contribution in [0.1, 0.15) is 184 Å². The lowest BCUT2D eigenvalue weighted by molar-refractivity contribution is -0.400. The molecule has 25 heteroatoms. The second-order valence-corrected chi connectivity index (χ2v) is 23.9. The third-order valence-corrected chi connectivity index (χ3v) is 17.2. The Hall–Kier alpha value is -2.35. The lowest BCUT2D eigenvalue weighted by Crippen LogP contribution is -2.68. The fraction of sp³-hybridized carbons (Fsp3) is 0.949. The lowest BCUT2D eigenvalue weighted by Gasteiger charge is -2.51. The molecule has 488 valence electrons. The molecule has 0 spiro atoms. The van der Waals surface area contributed by atoms with Crippen LogP contribution in [0.15, 0.2) is 0 Å². The van der Waals surface area contributed by atoms with Crippen molar-refractivity contribution in [2.75, 3.05) is 6.61 Å². The number of hydrogen-bond donors (Lipinski definition) is 9. The number of unbranched alkanes of at least 4 members (excludes halogenated alkanes) is 6. The highest BCUT2D eigenvalue weighted by atomic mass is 16.8. The van der Waals surface area contributed by atoms with Gasteiger partial charge in [0.1, 0.15) is 79.4 Å². The number of carbonyl (C=O) groups is 3. The Morgan fingerprint density at radius 3 is 1.76 bits per heavy atom. The van der Waals surface area contributed by atoms with E-state index in [-0.39, 0.29) is 18.9 Å². The first-order valence-corrected chi connectivity index (χ1v) is 31.3. The van der Waals surface area contributed by atoms with E-state index >= 15 is 0 Å². The molecule has 0 aromatic heterocycles. The van der Waals surface area contributed by atoms with Gasteiger partial charge in [0.05, 0.1) is 43.0 Å². The van der Waals surface area contributed by atoms with E-state index in [0.29, 0.717) is 38.5 Å². The first-order chi connectivity index (χ1) is 40.1. The van der Waals surface area contributed by atoms with Gasteiger partial charge in [0, 0.05) is 12.8 Å². The maximum atomic E-state index is 14.2. The van der Waals surface area contributed by atoms with Crippen LogP contribution in [0.2, 0.25) is 0 Å². The van der Waals surface area contributed by atoms with Crippen LogP contribution in [0.3, 0.4) is 0 Å². The first kappa shape index (κ1) is 70.7. The van der Waals surface area contributed by atoms with Crippen molar-refractivity contribution in [2.45, 2.75) is 343 Å². The summed E-state index contributed by atoms with van der Waals surface area (Å²) in [5.74, 6) is -2.67.